The Morgan fingerprint density at radius 3 is 1.97 bits per heavy atom. The molecule has 1 aliphatic heterocycles. The van der Waals surface area contributed by atoms with Crippen molar-refractivity contribution in [3.8, 4) is 0 Å². The van der Waals surface area contributed by atoms with Gasteiger partial charge in [0.15, 0.2) is 6.23 Å². The van der Waals surface area contributed by atoms with Gasteiger partial charge in [-0.2, -0.15) is 0 Å². The van der Waals surface area contributed by atoms with Gasteiger partial charge in [-0.15, -0.1) is 0 Å². The Morgan fingerprint density at radius 1 is 0.971 bits per heavy atom. The largest absolute Gasteiger partial charge is 0.452 e. The highest BCUT2D eigenvalue weighted by molar-refractivity contribution is 7.80. The average molecular weight is 523 g/mol. The van der Waals surface area contributed by atoms with Crippen molar-refractivity contribution < 1.29 is 19.1 Å². The number of fused-ring (bicyclic) bond motifs is 1. The summed E-state index contributed by atoms with van der Waals surface area (Å²) in [4.78, 5) is 29.9. The zero-order valence-electron chi connectivity index (χ0n) is 21.4. The molecule has 0 saturated carbocycles. The summed E-state index contributed by atoms with van der Waals surface area (Å²) < 4.78 is 12.2. The molecule has 2 unspecified atom stereocenters. The predicted molar refractivity (Wildman–Crippen MR) is 145 cm³/mol. The van der Waals surface area contributed by atoms with Gasteiger partial charge in [-0.3, -0.25) is 9.59 Å². The number of ether oxygens (including phenoxy) is 2. The normalized spacial score (nSPS) is 15.4. The minimum Gasteiger partial charge on any atom is -0.452 e. The molecular formula is C25H38N4O4S2. The van der Waals surface area contributed by atoms with E-state index >= 15 is 0 Å². The number of rotatable bonds is 13. The van der Waals surface area contributed by atoms with E-state index in [2.05, 4.69) is 24.5 Å². The number of nitrogens with one attached hydrogen (secondary N) is 2. The van der Waals surface area contributed by atoms with Crippen LogP contribution in [0.1, 0.15) is 87.4 Å². The van der Waals surface area contributed by atoms with Gasteiger partial charge in [0, 0.05) is 26.6 Å². The van der Waals surface area contributed by atoms with Crippen LogP contribution in [0.15, 0.2) is 24.3 Å². The molecule has 2 amide bonds. The van der Waals surface area contributed by atoms with E-state index in [-0.39, 0.29) is 10.3 Å². The van der Waals surface area contributed by atoms with Crippen molar-refractivity contribution in [2.45, 2.75) is 78.8 Å². The first-order chi connectivity index (χ1) is 16.7. The molecule has 1 aromatic rings. The lowest BCUT2D eigenvalue weighted by Gasteiger charge is -2.47. The lowest BCUT2D eigenvalue weighted by atomic mass is 10.1. The second kappa shape index (κ2) is 13.7. The van der Waals surface area contributed by atoms with Gasteiger partial charge in [-0.1, -0.05) is 45.7 Å². The summed E-state index contributed by atoms with van der Waals surface area (Å²) in [5, 5.41) is 6.53. The van der Waals surface area contributed by atoms with Crippen molar-refractivity contribution in [3.05, 3.63) is 35.4 Å². The molecule has 1 aromatic carbocycles. The van der Waals surface area contributed by atoms with Crippen LogP contribution in [0.2, 0.25) is 0 Å². The van der Waals surface area contributed by atoms with Crippen LogP contribution in [0.3, 0.4) is 0 Å². The van der Waals surface area contributed by atoms with Gasteiger partial charge in [-0.05, 0) is 62.8 Å². The van der Waals surface area contributed by atoms with E-state index in [9.17, 15) is 9.59 Å². The Morgan fingerprint density at radius 2 is 1.49 bits per heavy atom. The first-order valence-electron chi connectivity index (χ1n) is 12.4. The first-order valence-corrected chi connectivity index (χ1v) is 13.2. The van der Waals surface area contributed by atoms with E-state index in [1.165, 1.54) is 0 Å². The van der Waals surface area contributed by atoms with Crippen LogP contribution in [-0.2, 0) is 9.47 Å². The number of amides is 2. The van der Waals surface area contributed by atoms with Crippen molar-refractivity contribution in [1.82, 2.24) is 20.4 Å². The number of carbonyl (C=O) groups is 2. The molecule has 0 spiro atoms. The molecule has 8 nitrogen and oxygen atoms in total. The number of hydrogen-bond donors (Lipinski definition) is 2. The van der Waals surface area contributed by atoms with E-state index < -0.39 is 23.9 Å². The number of imide groups is 1. The Hall–Kier alpha value is -2.30. The summed E-state index contributed by atoms with van der Waals surface area (Å²) in [6.07, 6.45) is 3.97. The number of nitrogens with zero attached hydrogens (tertiary/aromatic N) is 2. The quantitative estimate of drug-likeness (QED) is 0.170. The number of carbonyl (C=O) groups excluding carboxylic acids is 2. The number of hydrogen-bond acceptors (Lipinski definition) is 7. The second-order valence-corrected chi connectivity index (χ2v) is 9.31. The van der Waals surface area contributed by atoms with Crippen LogP contribution in [0, 0.1) is 0 Å². The molecule has 194 valence electrons. The summed E-state index contributed by atoms with van der Waals surface area (Å²) in [7, 11) is 0. The van der Waals surface area contributed by atoms with Crippen molar-refractivity contribution in [2.75, 3.05) is 19.6 Å². The standard InChI is InChI=1S/C25H38N4O4S2/c1-6-9-15-26-23(34)32-18(4)28(17-8-3)25(5,33-24(35)27-16-10-7-2)29-21(30)19-13-11-12-14-20(19)22(29)31/h11-14,18H,6-10,15-17H2,1-5H3,(H,26,34)(H,27,35). The Labute approximate surface area is 219 Å². The maximum Gasteiger partial charge on any atom is 0.265 e. The molecule has 0 bridgehead atoms. The molecule has 10 heteroatoms. The molecule has 0 fully saturated rings. The summed E-state index contributed by atoms with van der Waals surface area (Å²) in [6.45, 7) is 11.4. The van der Waals surface area contributed by atoms with Gasteiger partial charge in [0.25, 0.3) is 28.0 Å². The molecule has 1 aliphatic rings. The van der Waals surface area contributed by atoms with E-state index in [0.717, 1.165) is 30.6 Å². The smallest absolute Gasteiger partial charge is 0.265 e. The molecular weight excluding hydrogens is 484 g/mol. The minimum absolute atomic E-state index is 0.106. The molecule has 0 saturated heterocycles. The van der Waals surface area contributed by atoms with Crippen LogP contribution in [-0.4, -0.2) is 63.7 Å². The van der Waals surface area contributed by atoms with Crippen LogP contribution in [0.5, 0.6) is 0 Å². The Bertz CT molecular complexity index is 878. The third-order valence-electron chi connectivity index (χ3n) is 5.81. The van der Waals surface area contributed by atoms with Crippen molar-refractivity contribution >= 4 is 46.6 Å². The fourth-order valence-corrected chi connectivity index (χ4v) is 4.47. The molecule has 0 radical (unpaired) electrons. The van der Waals surface area contributed by atoms with Gasteiger partial charge in [-0.25, -0.2) is 9.80 Å². The fourth-order valence-electron chi connectivity index (χ4n) is 3.97. The highest BCUT2D eigenvalue weighted by atomic mass is 32.1. The van der Waals surface area contributed by atoms with Crippen LogP contribution < -0.4 is 10.6 Å². The summed E-state index contributed by atoms with van der Waals surface area (Å²) in [5.74, 6) is -2.44. The minimum atomic E-state index is -1.56. The van der Waals surface area contributed by atoms with Gasteiger partial charge in [0.05, 0.1) is 11.1 Å². The van der Waals surface area contributed by atoms with Gasteiger partial charge in [0.2, 0.25) is 0 Å². The number of unbranched alkanes of at least 4 members (excludes halogenated alkanes) is 2. The molecule has 2 N–H and O–H groups in total. The van der Waals surface area contributed by atoms with Crippen LogP contribution >= 0.6 is 24.4 Å². The molecule has 1 heterocycles. The Kier molecular flexibility index (Phi) is 11.3. The average Bonchev–Trinajstić information content (AvgIpc) is 3.08. The maximum atomic E-state index is 13.5. The maximum absolute atomic E-state index is 13.5. The summed E-state index contributed by atoms with van der Waals surface area (Å²) >= 11 is 10.9. The highest BCUT2D eigenvalue weighted by Gasteiger charge is 2.53. The fraction of sp³-hybridized carbons (Fsp3) is 0.600. The molecule has 2 atom stereocenters. The topological polar surface area (TPSA) is 83.1 Å². The zero-order valence-corrected chi connectivity index (χ0v) is 23.0. The number of thiocarbonyl (C=S) groups is 2. The van der Waals surface area contributed by atoms with Gasteiger partial charge in [0.1, 0.15) is 0 Å². The van der Waals surface area contributed by atoms with Gasteiger partial charge < -0.3 is 20.1 Å². The summed E-state index contributed by atoms with van der Waals surface area (Å²) in [6, 6.07) is 6.76. The second-order valence-electron chi connectivity index (χ2n) is 8.57. The van der Waals surface area contributed by atoms with Gasteiger partial charge >= 0.3 is 0 Å². The predicted octanol–water partition coefficient (Wildman–Crippen LogP) is 4.40. The van der Waals surface area contributed by atoms with Crippen molar-refractivity contribution in [1.29, 1.82) is 0 Å². The molecule has 35 heavy (non-hydrogen) atoms. The van der Waals surface area contributed by atoms with Crippen LogP contribution in [0.4, 0.5) is 0 Å². The third-order valence-corrected chi connectivity index (χ3v) is 6.28. The molecule has 0 aromatic heterocycles. The highest BCUT2D eigenvalue weighted by Crippen LogP contribution is 2.34. The summed E-state index contributed by atoms with van der Waals surface area (Å²) in [5.41, 5.74) is 0.665. The molecule has 0 aliphatic carbocycles. The number of benzene rings is 1. The Balaban J connectivity index is 2.40. The lowest BCUT2D eigenvalue weighted by molar-refractivity contribution is -0.200. The van der Waals surface area contributed by atoms with E-state index in [4.69, 9.17) is 33.9 Å². The molecule has 2 rings (SSSR count). The van der Waals surface area contributed by atoms with Crippen molar-refractivity contribution in [3.63, 3.8) is 0 Å². The van der Waals surface area contributed by atoms with E-state index in [0.29, 0.717) is 37.2 Å². The zero-order chi connectivity index (χ0) is 26.0. The lowest BCUT2D eigenvalue weighted by Crippen LogP contribution is -2.66. The van der Waals surface area contributed by atoms with E-state index in [1.54, 1.807) is 36.1 Å². The third kappa shape index (κ3) is 7.11. The SMILES string of the molecule is CCCCNC(=S)OC(C)N(CCC)C(C)(OC(=S)NCCCC)N1C(=O)c2ccccc2C1=O. The van der Waals surface area contributed by atoms with Crippen LogP contribution in [0.25, 0.3) is 0 Å². The van der Waals surface area contributed by atoms with E-state index in [1.807, 2.05) is 13.8 Å². The monoisotopic (exact) mass is 522 g/mol. The first kappa shape index (κ1) is 28.9. The van der Waals surface area contributed by atoms with Crippen molar-refractivity contribution in [2.24, 2.45) is 0 Å².